The fraction of sp³-hybridized carbons (Fsp3) is 0.533. The second-order valence-electron chi connectivity index (χ2n) is 4.94. The zero-order chi connectivity index (χ0) is 15.7. The van der Waals surface area contributed by atoms with Crippen LogP contribution in [0, 0.1) is 0 Å². The first-order valence-electron chi connectivity index (χ1n) is 6.94. The number of nitrogen functional groups attached to an aromatic ring is 1. The van der Waals surface area contributed by atoms with E-state index in [4.69, 9.17) is 15.2 Å². The molecule has 3 N–H and O–H groups in total. The minimum Gasteiger partial charge on any atom is -0.399 e. The Morgan fingerprint density at radius 1 is 1.29 bits per heavy atom. The van der Waals surface area contributed by atoms with Crippen LogP contribution in [0.15, 0.2) is 24.3 Å². The van der Waals surface area contributed by atoms with Gasteiger partial charge >= 0.3 is 0 Å². The van der Waals surface area contributed by atoms with Gasteiger partial charge in [-0.15, -0.1) is 0 Å². The number of hydrogen-bond acceptors (Lipinski definition) is 5. The van der Waals surface area contributed by atoms with Gasteiger partial charge in [0.05, 0.1) is 19.8 Å². The number of methoxy groups -OCH3 is 2. The van der Waals surface area contributed by atoms with Gasteiger partial charge in [-0.2, -0.15) is 0 Å². The topological polar surface area (TPSA) is 76.8 Å². The zero-order valence-corrected chi connectivity index (χ0v) is 13.0. The van der Waals surface area contributed by atoms with Gasteiger partial charge in [-0.25, -0.2) is 0 Å². The van der Waals surface area contributed by atoms with Crippen molar-refractivity contribution in [3.8, 4) is 0 Å². The van der Waals surface area contributed by atoms with E-state index in [0.29, 0.717) is 25.4 Å². The summed E-state index contributed by atoms with van der Waals surface area (Å²) in [6.45, 7) is 4.13. The fourth-order valence-corrected chi connectivity index (χ4v) is 1.96. The minimum absolute atomic E-state index is 0.0705. The number of ether oxygens (including phenoxy) is 2. The first-order chi connectivity index (χ1) is 10.1. The normalized spacial score (nSPS) is 12.4. The lowest BCUT2D eigenvalue weighted by Crippen LogP contribution is -2.43. The molecule has 0 radical (unpaired) electrons. The average Bonchev–Trinajstić information content (AvgIpc) is 2.46. The smallest absolute Gasteiger partial charge is 0.238 e. The molecule has 0 saturated heterocycles. The van der Waals surface area contributed by atoms with Crippen molar-refractivity contribution in [2.75, 3.05) is 51.6 Å². The van der Waals surface area contributed by atoms with Gasteiger partial charge in [0.1, 0.15) is 0 Å². The van der Waals surface area contributed by atoms with Crippen LogP contribution in [-0.2, 0) is 14.3 Å². The van der Waals surface area contributed by atoms with Crippen molar-refractivity contribution in [1.29, 1.82) is 0 Å². The van der Waals surface area contributed by atoms with Gasteiger partial charge in [0, 0.05) is 38.2 Å². The van der Waals surface area contributed by atoms with E-state index < -0.39 is 0 Å². The van der Waals surface area contributed by atoms with Crippen molar-refractivity contribution in [3.05, 3.63) is 24.3 Å². The number of nitrogens with two attached hydrogens (primary N) is 1. The molecule has 1 atom stereocenters. The van der Waals surface area contributed by atoms with Crippen LogP contribution in [-0.4, -0.2) is 57.4 Å². The first kappa shape index (κ1) is 17.4. The Balaban J connectivity index is 2.55. The highest BCUT2D eigenvalue weighted by molar-refractivity contribution is 5.92. The van der Waals surface area contributed by atoms with Crippen LogP contribution in [0.4, 0.5) is 11.4 Å². The van der Waals surface area contributed by atoms with E-state index in [2.05, 4.69) is 5.32 Å². The van der Waals surface area contributed by atoms with Crippen LogP contribution in [0.3, 0.4) is 0 Å². The van der Waals surface area contributed by atoms with E-state index in [9.17, 15) is 4.79 Å². The SMILES string of the molecule is COCCN(CC(=O)Nc1ccc(N)cc1)C(C)COC. The third-order valence-corrected chi connectivity index (χ3v) is 3.15. The molecule has 0 aliphatic carbocycles. The Bertz CT molecular complexity index is 423. The molecule has 0 fully saturated rings. The quantitative estimate of drug-likeness (QED) is 0.669. The molecule has 21 heavy (non-hydrogen) atoms. The number of nitrogens with zero attached hydrogens (tertiary/aromatic N) is 1. The third-order valence-electron chi connectivity index (χ3n) is 3.15. The Labute approximate surface area is 126 Å². The van der Waals surface area contributed by atoms with Crippen molar-refractivity contribution < 1.29 is 14.3 Å². The van der Waals surface area contributed by atoms with E-state index in [0.717, 1.165) is 5.69 Å². The largest absolute Gasteiger partial charge is 0.399 e. The van der Waals surface area contributed by atoms with Crippen LogP contribution in [0.1, 0.15) is 6.92 Å². The number of carbonyl (C=O) groups excluding carboxylic acids is 1. The summed E-state index contributed by atoms with van der Waals surface area (Å²) >= 11 is 0. The molecule has 1 unspecified atom stereocenters. The maximum Gasteiger partial charge on any atom is 0.238 e. The van der Waals surface area contributed by atoms with E-state index in [1.54, 1.807) is 38.5 Å². The molecule has 118 valence electrons. The van der Waals surface area contributed by atoms with Crippen molar-refractivity contribution in [3.63, 3.8) is 0 Å². The Hall–Kier alpha value is -1.63. The van der Waals surface area contributed by atoms with Gasteiger partial charge in [0.25, 0.3) is 0 Å². The summed E-state index contributed by atoms with van der Waals surface area (Å²) in [4.78, 5) is 14.1. The molecule has 0 aromatic heterocycles. The molecule has 1 rings (SSSR count). The fourth-order valence-electron chi connectivity index (χ4n) is 1.96. The van der Waals surface area contributed by atoms with Crippen molar-refractivity contribution in [2.45, 2.75) is 13.0 Å². The van der Waals surface area contributed by atoms with Gasteiger partial charge in [-0.05, 0) is 31.2 Å². The second kappa shape index (κ2) is 9.33. The van der Waals surface area contributed by atoms with Crippen LogP contribution >= 0.6 is 0 Å². The van der Waals surface area contributed by atoms with Gasteiger partial charge in [-0.3, -0.25) is 9.69 Å². The zero-order valence-electron chi connectivity index (χ0n) is 13.0. The maximum absolute atomic E-state index is 12.1. The number of benzene rings is 1. The van der Waals surface area contributed by atoms with E-state index in [-0.39, 0.29) is 18.5 Å². The lowest BCUT2D eigenvalue weighted by Gasteiger charge is -2.27. The molecule has 0 saturated carbocycles. The Kier molecular flexibility index (Phi) is 7.74. The third kappa shape index (κ3) is 6.57. The molecule has 0 aliphatic rings. The average molecular weight is 295 g/mol. The Morgan fingerprint density at radius 2 is 1.95 bits per heavy atom. The highest BCUT2D eigenvalue weighted by atomic mass is 16.5. The summed E-state index contributed by atoms with van der Waals surface area (Å²) in [6, 6.07) is 7.22. The predicted molar refractivity (Wildman–Crippen MR) is 84.3 cm³/mol. The highest BCUT2D eigenvalue weighted by Gasteiger charge is 2.17. The number of anilines is 2. The van der Waals surface area contributed by atoms with Gasteiger partial charge in [-0.1, -0.05) is 0 Å². The Morgan fingerprint density at radius 3 is 2.52 bits per heavy atom. The van der Waals surface area contributed by atoms with Crippen LogP contribution < -0.4 is 11.1 Å². The number of hydrogen-bond donors (Lipinski definition) is 2. The summed E-state index contributed by atoms with van der Waals surface area (Å²) in [6.07, 6.45) is 0. The summed E-state index contributed by atoms with van der Waals surface area (Å²) < 4.78 is 10.2. The molecule has 0 spiro atoms. The molecule has 6 heteroatoms. The molecule has 0 bridgehead atoms. The number of carbonyl (C=O) groups is 1. The van der Waals surface area contributed by atoms with Gasteiger partial charge < -0.3 is 20.5 Å². The molecular weight excluding hydrogens is 270 g/mol. The summed E-state index contributed by atoms with van der Waals surface area (Å²) in [5, 5.41) is 2.86. The van der Waals surface area contributed by atoms with Gasteiger partial charge in [0.15, 0.2) is 0 Å². The van der Waals surface area contributed by atoms with Crippen molar-refractivity contribution >= 4 is 17.3 Å². The molecule has 1 aromatic rings. The van der Waals surface area contributed by atoms with E-state index >= 15 is 0 Å². The predicted octanol–water partition coefficient (Wildman–Crippen LogP) is 1.19. The van der Waals surface area contributed by atoms with Crippen LogP contribution in [0.5, 0.6) is 0 Å². The molecule has 1 aromatic carbocycles. The maximum atomic E-state index is 12.1. The lowest BCUT2D eigenvalue weighted by atomic mass is 10.2. The number of amides is 1. The number of nitrogens with one attached hydrogen (secondary N) is 1. The number of rotatable bonds is 9. The van der Waals surface area contributed by atoms with Crippen molar-refractivity contribution in [1.82, 2.24) is 4.90 Å². The second-order valence-corrected chi connectivity index (χ2v) is 4.94. The van der Waals surface area contributed by atoms with Crippen LogP contribution in [0.25, 0.3) is 0 Å². The molecule has 0 aliphatic heterocycles. The van der Waals surface area contributed by atoms with Crippen molar-refractivity contribution in [2.24, 2.45) is 0 Å². The van der Waals surface area contributed by atoms with Crippen LogP contribution in [0.2, 0.25) is 0 Å². The molecule has 0 heterocycles. The van der Waals surface area contributed by atoms with E-state index in [1.165, 1.54) is 0 Å². The monoisotopic (exact) mass is 295 g/mol. The summed E-state index contributed by atoms with van der Waals surface area (Å²) in [7, 11) is 3.30. The standard InChI is InChI=1S/C15H25N3O3/c1-12(11-21-3)18(8-9-20-2)10-15(19)17-14-6-4-13(16)5-7-14/h4-7,12H,8-11,16H2,1-3H3,(H,17,19). The van der Waals surface area contributed by atoms with Gasteiger partial charge in [0.2, 0.25) is 5.91 Å². The molecular formula is C15H25N3O3. The van der Waals surface area contributed by atoms with E-state index in [1.807, 2.05) is 11.8 Å². The summed E-state index contributed by atoms with van der Waals surface area (Å²) in [5.74, 6) is -0.0705. The summed E-state index contributed by atoms with van der Waals surface area (Å²) in [5.41, 5.74) is 7.02. The minimum atomic E-state index is -0.0705. The molecule has 1 amide bonds. The lowest BCUT2D eigenvalue weighted by molar-refractivity contribution is -0.118. The molecule has 6 nitrogen and oxygen atoms in total. The highest BCUT2D eigenvalue weighted by Crippen LogP contribution is 2.10. The first-order valence-corrected chi connectivity index (χ1v) is 6.94.